The summed E-state index contributed by atoms with van der Waals surface area (Å²) in [4.78, 5) is 30.1. The molecule has 0 radical (unpaired) electrons. The fourth-order valence-corrected chi connectivity index (χ4v) is 2.35. The molecule has 4 nitrogen and oxygen atoms in total. The van der Waals surface area contributed by atoms with E-state index in [0.717, 1.165) is 0 Å². The fraction of sp³-hybridized carbons (Fsp3) is 0.438. The highest BCUT2D eigenvalue weighted by molar-refractivity contribution is 6.36. The summed E-state index contributed by atoms with van der Waals surface area (Å²) in [5.74, 6) is -1.21. The molecular formula is C16H19NO3. The van der Waals surface area contributed by atoms with Gasteiger partial charge in [0.2, 0.25) is 0 Å². The minimum absolute atomic E-state index is 0.182. The number of Topliss-reactive ketones (excluding diaryl/α,β-unsaturated/α-hetero) is 2. The summed E-state index contributed by atoms with van der Waals surface area (Å²) in [5.41, 5.74) is 1.05. The molecule has 0 aliphatic heterocycles. The van der Waals surface area contributed by atoms with Crippen molar-refractivity contribution in [3.63, 3.8) is 0 Å². The van der Waals surface area contributed by atoms with Crippen molar-refractivity contribution < 1.29 is 14.4 Å². The highest BCUT2D eigenvalue weighted by atomic mass is 16.6. The first kappa shape index (κ1) is 14.4. The molecule has 1 aromatic carbocycles. The number of rotatable bonds is 3. The van der Waals surface area contributed by atoms with Crippen LogP contribution < -0.4 is 0 Å². The molecule has 20 heavy (non-hydrogen) atoms. The van der Waals surface area contributed by atoms with Crippen LogP contribution in [0.2, 0.25) is 0 Å². The maximum absolute atomic E-state index is 12.5. The molecule has 0 amide bonds. The summed E-state index contributed by atoms with van der Waals surface area (Å²) in [6.07, 6.45) is 0. The normalized spacial score (nSPS) is 16.5. The Morgan fingerprint density at radius 3 is 2.05 bits per heavy atom. The Labute approximate surface area is 118 Å². The van der Waals surface area contributed by atoms with Gasteiger partial charge in [-0.2, -0.15) is 0 Å². The summed E-state index contributed by atoms with van der Waals surface area (Å²) in [6, 6.07) is 6.92. The van der Waals surface area contributed by atoms with Crippen LogP contribution in [-0.4, -0.2) is 23.9 Å². The lowest BCUT2D eigenvalue weighted by molar-refractivity contribution is 0.0867. The topological polar surface area (TPSA) is 55.7 Å². The first-order valence-electron chi connectivity index (χ1n) is 6.75. The molecule has 1 aromatic rings. The molecule has 2 rings (SSSR count). The Balaban J connectivity index is 2.48. The zero-order valence-electron chi connectivity index (χ0n) is 12.3. The van der Waals surface area contributed by atoms with Crippen LogP contribution in [0, 0.1) is 11.3 Å². The third-order valence-electron chi connectivity index (χ3n) is 3.32. The maximum atomic E-state index is 12.5. The van der Waals surface area contributed by atoms with Crippen LogP contribution in [0.5, 0.6) is 0 Å². The van der Waals surface area contributed by atoms with E-state index in [-0.39, 0.29) is 11.6 Å². The molecule has 0 N–H and O–H groups in total. The Hall–Kier alpha value is -1.97. The van der Waals surface area contributed by atoms with E-state index in [4.69, 9.17) is 4.84 Å². The number of oxime groups is 1. The molecule has 1 aliphatic carbocycles. The van der Waals surface area contributed by atoms with E-state index in [2.05, 4.69) is 5.16 Å². The molecule has 0 spiro atoms. The summed E-state index contributed by atoms with van der Waals surface area (Å²) < 4.78 is 0. The lowest BCUT2D eigenvalue weighted by Gasteiger charge is -2.23. The highest BCUT2D eigenvalue weighted by Crippen LogP contribution is 2.33. The van der Waals surface area contributed by atoms with Crippen LogP contribution >= 0.6 is 0 Å². The fourth-order valence-electron chi connectivity index (χ4n) is 2.35. The SMILES string of the molecule is CCO/N=C(\C1C(=O)c2ccccc2C1=O)C(C)(C)C. The van der Waals surface area contributed by atoms with Crippen molar-refractivity contribution in [2.45, 2.75) is 27.7 Å². The highest BCUT2D eigenvalue weighted by Gasteiger charge is 2.45. The van der Waals surface area contributed by atoms with E-state index >= 15 is 0 Å². The Bertz CT molecular complexity index is 547. The molecule has 106 valence electrons. The zero-order chi connectivity index (χ0) is 14.9. The van der Waals surface area contributed by atoms with Gasteiger partial charge in [-0.3, -0.25) is 9.59 Å². The molecule has 0 saturated heterocycles. The minimum atomic E-state index is -0.848. The summed E-state index contributed by atoms with van der Waals surface area (Å²) in [5, 5.41) is 4.05. The molecule has 0 aromatic heterocycles. The predicted molar refractivity (Wildman–Crippen MR) is 77.1 cm³/mol. The number of hydrogen-bond acceptors (Lipinski definition) is 4. The van der Waals surface area contributed by atoms with Gasteiger partial charge in [-0.15, -0.1) is 0 Å². The Morgan fingerprint density at radius 2 is 1.65 bits per heavy atom. The van der Waals surface area contributed by atoms with Gasteiger partial charge in [-0.05, 0) is 6.92 Å². The number of fused-ring (bicyclic) bond motifs is 1. The first-order chi connectivity index (χ1) is 9.38. The summed E-state index contributed by atoms with van der Waals surface area (Å²) in [6.45, 7) is 8.00. The molecule has 1 aliphatic rings. The van der Waals surface area contributed by atoms with Crippen molar-refractivity contribution >= 4 is 17.3 Å². The quantitative estimate of drug-likeness (QED) is 0.483. The third-order valence-corrected chi connectivity index (χ3v) is 3.32. The van der Waals surface area contributed by atoms with Gasteiger partial charge >= 0.3 is 0 Å². The van der Waals surface area contributed by atoms with Crippen molar-refractivity contribution in [3.8, 4) is 0 Å². The van der Waals surface area contributed by atoms with Gasteiger partial charge in [0, 0.05) is 16.5 Å². The van der Waals surface area contributed by atoms with Gasteiger partial charge in [0.1, 0.15) is 12.5 Å². The van der Waals surface area contributed by atoms with Crippen molar-refractivity contribution in [2.75, 3.05) is 6.61 Å². The monoisotopic (exact) mass is 273 g/mol. The van der Waals surface area contributed by atoms with Crippen molar-refractivity contribution in [1.29, 1.82) is 0 Å². The Morgan fingerprint density at radius 1 is 1.15 bits per heavy atom. The van der Waals surface area contributed by atoms with Gasteiger partial charge in [0.05, 0.1) is 5.71 Å². The van der Waals surface area contributed by atoms with E-state index in [1.807, 2.05) is 27.7 Å². The van der Waals surface area contributed by atoms with Gasteiger partial charge in [-0.25, -0.2) is 0 Å². The smallest absolute Gasteiger partial charge is 0.180 e. The molecule has 4 heteroatoms. The number of carbonyl (C=O) groups is 2. The van der Waals surface area contributed by atoms with E-state index in [1.165, 1.54) is 0 Å². The van der Waals surface area contributed by atoms with E-state index in [0.29, 0.717) is 23.4 Å². The third kappa shape index (κ3) is 2.38. The molecule has 0 unspecified atom stereocenters. The first-order valence-corrected chi connectivity index (χ1v) is 6.75. The largest absolute Gasteiger partial charge is 0.396 e. The number of ketones is 2. The number of hydrogen-bond donors (Lipinski definition) is 0. The van der Waals surface area contributed by atoms with Gasteiger partial charge in [0.25, 0.3) is 0 Å². The second-order valence-corrected chi connectivity index (χ2v) is 5.85. The van der Waals surface area contributed by atoms with Crippen molar-refractivity contribution in [3.05, 3.63) is 35.4 Å². The van der Waals surface area contributed by atoms with Crippen LogP contribution in [0.3, 0.4) is 0 Å². The minimum Gasteiger partial charge on any atom is -0.396 e. The second kappa shape index (κ2) is 5.19. The maximum Gasteiger partial charge on any atom is 0.180 e. The van der Waals surface area contributed by atoms with Crippen LogP contribution in [0.4, 0.5) is 0 Å². The van der Waals surface area contributed by atoms with Gasteiger partial charge < -0.3 is 4.84 Å². The Kier molecular flexibility index (Phi) is 3.75. The van der Waals surface area contributed by atoms with E-state index in [1.54, 1.807) is 24.3 Å². The van der Waals surface area contributed by atoms with Crippen molar-refractivity contribution in [2.24, 2.45) is 16.5 Å². The van der Waals surface area contributed by atoms with Crippen LogP contribution in [0.1, 0.15) is 48.4 Å². The van der Waals surface area contributed by atoms with Crippen molar-refractivity contribution in [1.82, 2.24) is 0 Å². The van der Waals surface area contributed by atoms with Gasteiger partial charge in [0.15, 0.2) is 11.6 Å². The molecule has 0 bridgehead atoms. The predicted octanol–water partition coefficient (Wildman–Crippen LogP) is 3.12. The van der Waals surface area contributed by atoms with Crippen LogP contribution in [0.15, 0.2) is 29.4 Å². The van der Waals surface area contributed by atoms with Crippen LogP contribution in [0.25, 0.3) is 0 Å². The number of benzene rings is 1. The van der Waals surface area contributed by atoms with E-state index in [9.17, 15) is 9.59 Å². The lowest BCUT2D eigenvalue weighted by atomic mass is 9.80. The average molecular weight is 273 g/mol. The number of carbonyl (C=O) groups excluding carboxylic acids is 2. The number of nitrogens with zero attached hydrogens (tertiary/aromatic N) is 1. The standard InChI is InChI=1S/C16H19NO3/c1-5-20-17-15(16(2,3)4)12-13(18)10-8-6-7-9-11(10)14(12)19/h6-9,12H,5H2,1-4H3/b17-15+. The molecular weight excluding hydrogens is 254 g/mol. The second-order valence-electron chi connectivity index (χ2n) is 5.85. The van der Waals surface area contributed by atoms with E-state index < -0.39 is 11.3 Å². The molecule has 0 heterocycles. The summed E-state index contributed by atoms with van der Waals surface area (Å²) in [7, 11) is 0. The summed E-state index contributed by atoms with van der Waals surface area (Å²) >= 11 is 0. The molecule has 0 atom stereocenters. The van der Waals surface area contributed by atoms with Gasteiger partial charge in [-0.1, -0.05) is 50.2 Å². The van der Waals surface area contributed by atoms with Crippen LogP contribution in [-0.2, 0) is 4.84 Å². The zero-order valence-corrected chi connectivity index (χ0v) is 12.3. The molecule has 0 saturated carbocycles. The lowest BCUT2D eigenvalue weighted by Crippen LogP contribution is -2.35. The average Bonchev–Trinajstić information content (AvgIpc) is 2.63. The molecule has 0 fully saturated rings.